The van der Waals surface area contributed by atoms with Crippen LogP contribution in [0.25, 0.3) is 10.8 Å². The van der Waals surface area contributed by atoms with E-state index in [0.717, 1.165) is 0 Å². The summed E-state index contributed by atoms with van der Waals surface area (Å²) in [7, 11) is -0.616. The van der Waals surface area contributed by atoms with Crippen molar-refractivity contribution < 1.29 is 0 Å². The van der Waals surface area contributed by atoms with E-state index >= 15 is 0 Å². The highest BCUT2D eigenvalue weighted by Crippen LogP contribution is 2.38. The number of benzene rings is 4. The first-order valence-electron chi connectivity index (χ1n) is 9.48. The van der Waals surface area contributed by atoms with Crippen LogP contribution in [-0.2, 0) is 0 Å². The zero-order valence-electron chi connectivity index (χ0n) is 16.5. The van der Waals surface area contributed by atoms with Gasteiger partial charge in [-0.3, -0.25) is 0 Å². The molecule has 4 rings (SSSR count). The monoisotopic (exact) mass is 368 g/mol. The van der Waals surface area contributed by atoms with Crippen molar-refractivity contribution in [2.45, 2.75) is 27.7 Å². The summed E-state index contributed by atoms with van der Waals surface area (Å²) in [6.45, 7) is 8.99. The lowest BCUT2D eigenvalue weighted by Crippen LogP contribution is -2.25. The van der Waals surface area contributed by atoms with Gasteiger partial charge >= 0.3 is 0 Å². The highest BCUT2D eigenvalue weighted by molar-refractivity contribution is 7.80. The summed E-state index contributed by atoms with van der Waals surface area (Å²) in [5.74, 6) is 0. The summed E-state index contributed by atoms with van der Waals surface area (Å²) in [5.41, 5.74) is 5.58. The van der Waals surface area contributed by atoms with Gasteiger partial charge in [0.05, 0.1) is 0 Å². The Morgan fingerprint density at radius 1 is 0.481 bits per heavy atom. The predicted octanol–water partition coefficient (Wildman–Crippen LogP) is 5.83. The Morgan fingerprint density at radius 3 is 1.96 bits per heavy atom. The van der Waals surface area contributed by atoms with Crippen molar-refractivity contribution in [3.05, 3.63) is 101 Å². The van der Waals surface area contributed by atoms with E-state index in [2.05, 4.69) is 107 Å². The maximum absolute atomic E-state index is 2.36. The standard InChI is InChI=1S/C26H25P/c1-18-16-17-25(21(4)20(18)3)27(24-14-8-5-10-19(24)2)26-15-9-12-22-11-6-7-13-23(22)26/h5-17H,1-4H3. The van der Waals surface area contributed by atoms with E-state index < -0.39 is 7.92 Å². The average Bonchev–Trinajstić information content (AvgIpc) is 2.69. The van der Waals surface area contributed by atoms with Gasteiger partial charge in [0.15, 0.2) is 0 Å². The first-order valence-corrected chi connectivity index (χ1v) is 10.8. The average molecular weight is 368 g/mol. The maximum Gasteiger partial charge on any atom is -0.00724 e. The Bertz CT molecular complexity index is 1120. The van der Waals surface area contributed by atoms with Crippen LogP contribution in [0.4, 0.5) is 0 Å². The quantitative estimate of drug-likeness (QED) is 0.399. The van der Waals surface area contributed by atoms with Crippen molar-refractivity contribution in [2.75, 3.05) is 0 Å². The Hall–Kier alpha value is -2.43. The molecule has 0 spiro atoms. The second-order valence-corrected chi connectivity index (χ2v) is 9.39. The van der Waals surface area contributed by atoms with Gasteiger partial charge in [-0.25, -0.2) is 0 Å². The maximum atomic E-state index is 2.36. The molecule has 0 aliphatic carbocycles. The van der Waals surface area contributed by atoms with Gasteiger partial charge < -0.3 is 0 Å². The van der Waals surface area contributed by atoms with Crippen LogP contribution in [-0.4, -0.2) is 0 Å². The van der Waals surface area contributed by atoms with Gasteiger partial charge in [0.2, 0.25) is 0 Å². The summed E-state index contributed by atoms with van der Waals surface area (Å²) in [6, 6.07) is 29.1. The van der Waals surface area contributed by atoms with Gasteiger partial charge in [0, 0.05) is 0 Å². The molecule has 0 N–H and O–H groups in total. The summed E-state index contributed by atoms with van der Waals surface area (Å²) in [6.07, 6.45) is 0. The molecule has 134 valence electrons. The molecule has 27 heavy (non-hydrogen) atoms. The molecule has 0 saturated heterocycles. The Balaban J connectivity index is 2.06. The van der Waals surface area contributed by atoms with Crippen molar-refractivity contribution >= 4 is 34.6 Å². The predicted molar refractivity (Wildman–Crippen MR) is 122 cm³/mol. The van der Waals surface area contributed by atoms with E-state index in [1.807, 2.05) is 0 Å². The lowest BCUT2D eigenvalue weighted by molar-refractivity contribution is 1.28. The van der Waals surface area contributed by atoms with E-state index in [9.17, 15) is 0 Å². The molecule has 0 aliphatic heterocycles. The molecule has 0 bridgehead atoms. The molecule has 0 nitrogen and oxygen atoms in total. The first-order chi connectivity index (χ1) is 13.1. The molecule has 0 aliphatic rings. The van der Waals surface area contributed by atoms with Crippen molar-refractivity contribution in [1.82, 2.24) is 0 Å². The van der Waals surface area contributed by atoms with E-state index in [0.29, 0.717) is 0 Å². The lowest BCUT2D eigenvalue weighted by atomic mass is 10.1. The molecule has 1 atom stereocenters. The van der Waals surface area contributed by atoms with Crippen molar-refractivity contribution in [1.29, 1.82) is 0 Å². The molecule has 4 aromatic carbocycles. The minimum atomic E-state index is -0.616. The minimum Gasteiger partial charge on any atom is -0.0620 e. The molecule has 4 aromatic rings. The molecule has 1 heteroatoms. The molecular weight excluding hydrogens is 343 g/mol. The Labute approximate surface area is 163 Å². The van der Waals surface area contributed by atoms with Gasteiger partial charge in [-0.05, 0) is 84.6 Å². The molecule has 0 saturated carbocycles. The van der Waals surface area contributed by atoms with Crippen LogP contribution >= 0.6 is 7.92 Å². The molecule has 0 aromatic heterocycles. The van der Waals surface area contributed by atoms with Crippen LogP contribution in [0.2, 0.25) is 0 Å². The highest BCUT2D eigenvalue weighted by Gasteiger charge is 2.22. The smallest absolute Gasteiger partial charge is 0.00724 e. The number of rotatable bonds is 3. The molecule has 0 heterocycles. The first kappa shape index (κ1) is 18.0. The summed E-state index contributed by atoms with van der Waals surface area (Å²) in [5, 5.41) is 7.06. The minimum absolute atomic E-state index is 0.616. The van der Waals surface area contributed by atoms with Crippen molar-refractivity contribution in [3.8, 4) is 0 Å². The topological polar surface area (TPSA) is 0 Å². The molecule has 0 radical (unpaired) electrons. The number of hydrogen-bond donors (Lipinski definition) is 0. The lowest BCUT2D eigenvalue weighted by Gasteiger charge is -2.25. The van der Waals surface area contributed by atoms with Crippen LogP contribution in [0.5, 0.6) is 0 Å². The van der Waals surface area contributed by atoms with E-state index in [1.165, 1.54) is 48.9 Å². The number of aryl methyl sites for hydroxylation is 2. The van der Waals surface area contributed by atoms with Gasteiger partial charge in [-0.1, -0.05) is 78.9 Å². The molecule has 0 fully saturated rings. The normalized spacial score (nSPS) is 12.3. The van der Waals surface area contributed by atoms with Gasteiger partial charge in [-0.15, -0.1) is 0 Å². The van der Waals surface area contributed by atoms with Crippen LogP contribution < -0.4 is 15.9 Å². The fourth-order valence-electron chi connectivity index (χ4n) is 3.79. The van der Waals surface area contributed by atoms with Crippen LogP contribution in [0.3, 0.4) is 0 Å². The molecule has 0 amide bonds. The Morgan fingerprint density at radius 2 is 1.15 bits per heavy atom. The second-order valence-electron chi connectivity index (χ2n) is 7.27. The van der Waals surface area contributed by atoms with Crippen molar-refractivity contribution in [2.24, 2.45) is 0 Å². The van der Waals surface area contributed by atoms with Crippen LogP contribution in [0, 0.1) is 27.7 Å². The summed E-state index contributed by atoms with van der Waals surface area (Å²) >= 11 is 0. The number of fused-ring (bicyclic) bond motifs is 1. The third-order valence-corrected chi connectivity index (χ3v) is 8.46. The van der Waals surface area contributed by atoms with Crippen LogP contribution in [0.1, 0.15) is 22.3 Å². The molecular formula is C26H25P. The highest BCUT2D eigenvalue weighted by atomic mass is 31.1. The molecule has 1 unspecified atom stereocenters. The van der Waals surface area contributed by atoms with Crippen molar-refractivity contribution in [3.63, 3.8) is 0 Å². The van der Waals surface area contributed by atoms with Gasteiger partial charge in [-0.2, -0.15) is 0 Å². The fraction of sp³-hybridized carbons (Fsp3) is 0.154. The largest absolute Gasteiger partial charge is 0.0620 e. The zero-order valence-corrected chi connectivity index (χ0v) is 17.3. The van der Waals surface area contributed by atoms with Gasteiger partial charge in [0.1, 0.15) is 0 Å². The number of hydrogen-bond acceptors (Lipinski definition) is 0. The third-order valence-electron chi connectivity index (χ3n) is 5.63. The van der Waals surface area contributed by atoms with Crippen LogP contribution in [0.15, 0.2) is 78.9 Å². The zero-order chi connectivity index (χ0) is 19.0. The fourth-order valence-corrected chi connectivity index (χ4v) is 6.64. The second kappa shape index (κ2) is 7.29. The third kappa shape index (κ3) is 3.20. The summed E-state index contributed by atoms with van der Waals surface area (Å²) < 4.78 is 0. The SMILES string of the molecule is Cc1ccccc1P(c1ccc(C)c(C)c1C)c1cccc2ccccc12. The van der Waals surface area contributed by atoms with Gasteiger partial charge in [0.25, 0.3) is 0 Å². The summed E-state index contributed by atoms with van der Waals surface area (Å²) in [4.78, 5) is 0. The van der Waals surface area contributed by atoms with E-state index in [4.69, 9.17) is 0 Å². The van der Waals surface area contributed by atoms with E-state index in [-0.39, 0.29) is 0 Å². The van der Waals surface area contributed by atoms with E-state index in [1.54, 1.807) is 0 Å². The Kier molecular flexibility index (Phi) is 4.85.